The molecule has 0 bridgehead atoms. The second-order valence-corrected chi connectivity index (χ2v) is 5.53. The molecule has 1 saturated heterocycles. The lowest BCUT2D eigenvalue weighted by Crippen LogP contribution is -2.34. The van der Waals surface area contributed by atoms with Gasteiger partial charge < -0.3 is 4.90 Å². The van der Waals surface area contributed by atoms with E-state index < -0.39 is 36.3 Å². The van der Waals surface area contributed by atoms with E-state index in [4.69, 9.17) is 0 Å². The number of benzene rings is 2. The zero-order chi connectivity index (χ0) is 18.2. The normalized spacial score (nSPS) is 17.9. The van der Waals surface area contributed by atoms with Crippen LogP contribution in [0.2, 0.25) is 0 Å². The third kappa shape index (κ3) is 3.20. The summed E-state index contributed by atoms with van der Waals surface area (Å²) in [5.41, 5.74) is -0.667. The molecule has 0 aromatic heterocycles. The molecule has 0 radical (unpaired) electrons. The molecule has 1 atom stereocenters. The number of nitrogens with zero attached hydrogens (tertiary/aromatic N) is 2. The van der Waals surface area contributed by atoms with Gasteiger partial charge in [0.05, 0.1) is 5.56 Å². The summed E-state index contributed by atoms with van der Waals surface area (Å²) in [4.78, 5) is 25.5. The number of halogens is 3. The van der Waals surface area contributed by atoms with Crippen LogP contribution in [0, 0.1) is 0 Å². The van der Waals surface area contributed by atoms with Crippen molar-refractivity contribution in [1.29, 1.82) is 0 Å². The summed E-state index contributed by atoms with van der Waals surface area (Å²) in [6.45, 7) is -0.425. The molecule has 2 aromatic rings. The molecular weight excluding hydrogens is 337 g/mol. The molecule has 0 saturated carbocycles. The average Bonchev–Trinajstić information content (AvgIpc) is 2.89. The first-order chi connectivity index (χ1) is 11.8. The zero-order valence-corrected chi connectivity index (χ0v) is 12.8. The van der Waals surface area contributed by atoms with E-state index in [1.54, 1.807) is 18.2 Å². The Labute approximate surface area is 140 Å². The number of alkyl halides is 3. The molecule has 0 aliphatic carbocycles. The van der Waals surface area contributed by atoms with E-state index in [-0.39, 0.29) is 16.2 Å². The summed E-state index contributed by atoms with van der Waals surface area (Å²) in [5, 5.41) is 10.3. The van der Waals surface area contributed by atoms with Crippen molar-refractivity contribution in [3.05, 3.63) is 71.3 Å². The fraction of sp³-hybridized carbons (Fsp3) is 0.176. The molecule has 1 heterocycles. The summed E-state index contributed by atoms with van der Waals surface area (Å²) in [5.74, 6) is -1.33. The van der Waals surface area contributed by atoms with Gasteiger partial charge in [-0.15, -0.1) is 0 Å². The number of rotatable bonds is 2. The summed E-state index contributed by atoms with van der Waals surface area (Å²) in [6, 6.07) is 12.2. The van der Waals surface area contributed by atoms with Gasteiger partial charge in [-0.25, -0.2) is 0 Å². The van der Waals surface area contributed by atoms with Crippen molar-refractivity contribution in [2.45, 2.75) is 12.3 Å². The summed E-state index contributed by atoms with van der Waals surface area (Å²) < 4.78 is 38.8. The number of carbonyl (C=O) groups is 2. The van der Waals surface area contributed by atoms with Crippen molar-refractivity contribution in [2.75, 3.05) is 6.54 Å². The number of carbonyl (C=O) groups excluding carboxylic acids is 2. The molecule has 1 fully saturated rings. The van der Waals surface area contributed by atoms with Crippen molar-refractivity contribution in [3.8, 4) is 0 Å². The van der Waals surface area contributed by atoms with E-state index in [0.29, 0.717) is 0 Å². The Balaban J connectivity index is 2.00. The lowest BCUT2D eigenvalue weighted by Gasteiger charge is -2.27. The Hall–Kier alpha value is -2.87. The summed E-state index contributed by atoms with van der Waals surface area (Å²) in [6.07, 6.45) is -5.89. The fourth-order valence-corrected chi connectivity index (χ4v) is 2.70. The van der Waals surface area contributed by atoms with E-state index in [2.05, 4.69) is 0 Å². The van der Waals surface area contributed by atoms with Crippen molar-refractivity contribution in [2.24, 2.45) is 0 Å². The molecule has 1 unspecified atom stereocenters. The third-order valence-corrected chi connectivity index (χ3v) is 3.88. The number of amides is 2. The van der Waals surface area contributed by atoms with Crippen LogP contribution in [0.15, 0.2) is 54.6 Å². The highest BCUT2D eigenvalue weighted by molar-refractivity contribution is 5.98. The molecular formula is C17H13F3N2O3. The van der Waals surface area contributed by atoms with Crippen LogP contribution in [0.3, 0.4) is 0 Å². The van der Waals surface area contributed by atoms with Gasteiger partial charge >= 0.3 is 6.18 Å². The second kappa shape index (κ2) is 6.21. The van der Waals surface area contributed by atoms with Gasteiger partial charge in [-0.05, 0) is 29.8 Å². The van der Waals surface area contributed by atoms with E-state index in [0.717, 1.165) is 17.0 Å². The number of hydroxylamine groups is 2. The van der Waals surface area contributed by atoms with Crippen LogP contribution in [0.1, 0.15) is 27.7 Å². The second-order valence-electron chi connectivity index (χ2n) is 5.53. The molecule has 25 heavy (non-hydrogen) atoms. The molecule has 1 N–H and O–H groups in total. The maximum absolute atomic E-state index is 12.9. The van der Waals surface area contributed by atoms with Crippen LogP contribution in [-0.2, 0) is 11.0 Å². The molecule has 2 amide bonds. The Kier molecular flexibility index (Phi) is 4.22. The monoisotopic (exact) mass is 350 g/mol. The average molecular weight is 350 g/mol. The van der Waals surface area contributed by atoms with Crippen LogP contribution in [0.5, 0.6) is 0 Å². The van der Waals surface area contributed by atoms with Crippen LogP contribution in [-0.4, -0.2) is 33.5 Å². The summed E-state index contributed by atoms with van der Waals surface area (Å²) in [7, 11) is 0. The Morgan fingerprint density at radius 1 is 1.08 bits per heavy atom. The highest BCUT2D eigenvalue weighted by Crippen LogP contribution is 2.35. The third-order valence-electron chi connectivity index (χ3n) is 3.88. The van der Waals surface area contributed by atoms with Gasteiger partial charge in [0.2, 0.25) is 0 Å². The van der Waals surface area contributed by atoms with E-state index in [9.17, 15) is 28.0 Å². The van der Waals surface area contributed by atoms with E-state index in [1.807, 2.05) is 0 Å². The van der Waals surface area contributed by atoms with Crippen LogP contribution >= 0.6 is 0 Å². The molecule has 2 aromatic carbocycles. The molecule has 1 aliphatic rings. The largest absolute Gasteiger partial charge is 0.416 e. The molecule has 5 nitrogen and oxygen atoms in total. The number of hydrogen-bond acceptors (Lipinski definition) is 3. The topological polar surface area (TPSA) is 60.9 Å². The summed E-state index contributed by atoms with van der Waals surface area (Å²) >= 11 is 0. The number of hydrogen-bond donors (Lipinski definition) is 1. The molecule has 130 valence electrons. The van der Waals surface area contributed by atoms with Crippen LogP contribution in [0.25, 0.3) is 0 Å². The van der Waals surface area contributed by atoms with E-state index >= 15 is 0 Å². The Morgan fingerprint density at radius 2 is 1.76 bits per heavy atom. The minimum atomic E-state index is -4.58. The van der Waals surface area contributed by atoms with Crippen LogP contribution in [0.4, 0.5) is 13.2 Å². The SMILES string of the molecule is O=C1CN(C(=O)c2ccccc2)C(c2cccc(C(F)(F)F)c2)N1O. The highest BCUT2D eigenvalue weighted by Gasteiger charge is 2.42. The van der Waals surface area contributed by atoms with Gasteiger partial charge in [0, 0.05) is 5.56 Å². The quantitative estimate of drug-likeness (QED) is 0.847. The van der Waals surface area contributed by atoms with Gasteiger partial charge in [0.1, 0.15) is 6.54 Å². The smallest absolute Gasteiger partial charge is 0.302 e. The molecule has 0 spiro atoms. The van der Waals surface area contributed by atoms with Gasteiger partial charge in [-0.3, -0.25) is 14.8 Å². The molecule has 8 heteroatoms. The Morgan fingerprint density at radius 3 is 2.40 bits per heavy atom. The molecule has 3 rings (SSSR count). The predicted octanol–water partition coefficient (Wildman–Crippen LogP) is 3.08. The Bertz CT molecular complexity index is 808. The maximum atomic E-state index is 12.9. The lowest BCUT2D eigenvalue weighted by molar-refractivity contribution is -0.168. The maximum Gasteiger partial charge on any atom is 0.416 e. The van der Waals surface area contributed by atoms with Crippen molar-refractivity contribution in [3.63, 3.8) is 0 Å². The van der Waals surface area contributed by atoms with Gasteiger partial charge in [0.15, 0.2) is 6.17 Å². The fourth-order valence-electron chi connectivity index (χ4n) is 2.70. The van der Waals surface area contributed by atoms with Gasteiger partial charge in [-0.1, -0.05) is 30.3 Å². The standard InChI is InChI=1S/C17H13F3N2O3/c18-17(19,20)13-8-4-7-12(9-13)15-21(10-14(23)22(15)25)16(24)11-5-2-1-3-6-11/h1-9,15,25H,10H2. The first kappa shape index (κ1) is 17.0. The van der Waals surface area contributed by atoms with Crippen molar-refractivity contribution >= 4 is 11.8 Å². The minimum Gasteiger partial charge on any atom is -0.302 e. The van der Waals surface area contributed by atoms with Crippen molar-refractivity contribution in [1.82, 2.24) is 9.96 Å². The highest BCUT2D eigenvalue weighted by atomic mass is 19.4. The first-order valence-electron chi connectivity index (χ1n) is 7.33. The zero-order valence-electron chi connectivity index (χ0n) is 12.8. The van der Waals surface area contributed by atoms with Crippen LogP contribution < -0.4 is 0 Å². The van der Waals surface area contributed by atoms with Gasteiger partial charge in [-0.2, -0.15) is 18.2 Å². The van der Waals surface area contributed by atoms with Crippen molar-refractivity contribution < 1.29 is 28.0 Å². The first-order valence-corrected chi connectivity index (χ1v) is 7.33. The molecule has 1 aliphatic heterocycles. The minimum absolute atomic E-state index is 0.00699. The predicted molar refractivity (Wildman–Crippen MR) is 80.3 cm³/mol. The lowest BCUT2D eigenvalue weighted by atomic mass is 10.1. The van der Waals surface area contributed by atoms with Gasteiger partial charge in [0.25, 0.3) is 11.8 Å². The van der Waals surface area contributed by atoms with E-state index in [1.165, 1.54) is 24.3 Å².